The van der Waals surface area contributed by atoms with Crippen LogP contribution in [0.15, 0.2) is 92.4 Å². The molecule has 2 bridgehead atoms. The number of allylic oxidation sites excluding steroid dienone is 9. The smallest absolute Gasteiger partial charge is 0.158 e. The molecule has 1 aromatic rings. The normalized spacial score (nSPS) is 24.2. The molecule has 0 spiro atoms. The van der Waals surface area contributed by atoms with E-state index in [1.165, 1.54) is 0 Å². The number of unbranched alkanes of at least 4 members (excludes halogenated alkanes) is 1. The zero-order valence-corrected chi connectivity index (χ0v) is 27.9. The molecule has 6 nitrogen and oxygen atoms in total. The van der Waals surface area contributed by atoms with Crippen LogP contribution in [0, 0.1) is 0 Å². The molecule has 9 heteroatoms. The maximum Gasteiger partial charge on any atom is 0.158 e. The van der Waals surface area contributed by atoms with Gasteiger partial charge in [0, 0.05) is 71.2 Å². The van der Waals surface area contributed by atoms with Crippen molar-refractivity contribution in [3.63, 3.8) is 0 Å². The fourth-order valence-electron chi connectivity index (χ4n) is 6.17. The van der Waals surface area contributed by atoms with E-state index in [2.05, 4.69) is 34.2 Å². The summed E-state index contributed by atoms with van der Waals surface area (Å²) in [5.41, 5.74) is 2.67. The number of hydrogen-bond acceptors (Lipinski definition) is 6. The second-order valence-corrected chi connectivity index (χ2v) is 13.6. The first-order valence-electron chi connectivity index (χ1n) is 15.9. The van der Waals surface area contributed by atoms with Gasteiger partial charge in [0.2, 0.25) is 0 Å². The van der Waals surface area contributed by atoms with E-state index in [0.717, 1.165) is 50.8 Å². The monoisotopic (exact) mass is 639 g/mol. The Bertz CT molecular complexity index is 1350. The van der Waals surface area contributed by atoms with E-state index in [1.807, 2.05) is 62.5 Å². The zero-order valence-electron chi connectivity index (χ0n) is 26.3. The van der Waals surface area contributed by atoms with Crippen LogP contribution in [0.3, 0.4) is 0 Å². The Labute approximate surface area is 270 Å². The van der Waals surface area contributed by atoms with Gasteiger partial charge in [-0.05, 0) is 70.0 Å². The fourth-order valence-corrected chi connectivity index (χ4v) is 7.94. The molecule has 2 aliphatic heterocycles. The van der Waals surface area contributed by atoms with E-state index in [-0.39, 0.29) is 11.8 Å². The first kappa shape index (κ1) is 34.2. The van der Waals surface area contributed by atoms with Crippen molar-refractivity contribution in [2.75, 3.05) is 38.2 Å². The molecule has 0 amide bonds. The minimum atomic E-state index is -0.908. The Morgan fingerprint density at radius 2 is 1.98 bits per heavy atom. The van der Waals surface area contributed by atoms with Gasteiger partial charge in [-0.1, -0.05) is 73.5 Å². The van der Waals surface area contributed by atoms with E-state index in [9.17, 15) is 4.21 Å². The third-order valence-corrected chi connectivity index (χ3v) is 10.2. The van der Waals surface area contributed by atoms with Gasteiger partial charge in [-0.3, -0.25) is 9.20 Å². The van der Waals surface area contributed by atoms with Crippen molar-refractivity contribution in [2.45, 2.75) is 70.5 Å². The van der Waals surface area contributed by atoms with Crippen molar-refractivity contribution < 1.29 is 8.60 Å². The van der Waals surface area contributed by atoms with Gasteiger partial charge in [0.05, 0.1) is 5.03 Å². The van der Waals surface area contributed by atoms with Crippen molar-refractivity contribution in [3.05, 3.63) is 88.0 Å². The second-order valence-electron chi connectivity index (χ2n) is 11.6. The van der Waals surface area contributed by atoms with Crippen molar-refractivity contribution >= 4 is 40.4 Å². The number of hydrogen-bond donors (Lipinski definition) is 2. The zero-order chi connectivity index (χ0) is 31.5. The molecule has 0 aromatic heterocycles. The molecule has 44 heavy (non-hydrogen) atoms. The van der Waals surface area contributed by atoms with Gasteiger partial charge in [-0.25, -0.2) is 9.38 Å². The highest BCUT2D eigenvalue weighted by atomic mass is 35.5. The van der Waals surface area contributed by atoms with Gasteiger partial charge in [-0.15, -0.1) is 0 Å². The van der Waals surface area contributed by atoms with Crippen LogP contribution in [0.25, 0.3) is 5.57 Å². The van der Waals surface area contributed by atoms with E-state index in [4.69, 9.17) is 16.6 Å². The Morgan fingerprint density at radius 1 is 1.25 bits per heavy atom. The molecule has 1 aliphatic carbocycles. The van der Waals surface area contributed by atoms with Crippen LogP contribution >= 0.6 is 11.6 Å². The Balaban J connectivity index is 1.66. The Hall–Kier alpha value is -2.65. The maximum atomic E-state index is 16.9. The van der Waals surface area contributed by atoms with Crippen LogP contribution in [0.5, 0.6) is 0 Å². The van der Waals surface area contributed by atoms with Gasteiger partial charge in [0.15, 0.2) is 5.83 Å². The molecule has 2 N–H and O–H groups in total. The average Bonchev–Trinajstić information content (AvgIpc) is 3.37. The van der Waals surface area contributed by atoms with Gasteiger partial charge in [-0.2, -0.15) is 0 Å². The number of piperazine rings is 1. The molecule has 2 saturated heterocycles. The van der Waals surface area contributed by atoms with Gasteiger partial charge >= 0.3 is 0 Å². The SMILES string of the molecule is C=N/C(=C1/C=C(Cl)C(/C(=C/C=C\C)c2ccccc2)=C(F)C1=NCCCCS(=O)CC(CCC)NC)N1CC2CCC(C1)N2. The molecule has 238 valence electrons. The highest BCUT2D eigenvalue weighted by Crippen LogP contribution is 2.41. The number of nitrogens with zero attached hydrogens (tertiary/aromatic N) is 3. The minimum Gasteiger partial charge on any atom is -0.353 e. The standard InChI is InChI=1S/C35H47ClFN5OS/c1-5-7-16-29(25-14-9-8-10-15-25)32-31(36)21-30(35(39-4)42-22-26-17-18-27(23-42)41-26)34(33(32)37)40-19-11-12-20-44(43)24-28(38-3)13-6-2/h5,7-10,14-16,21,26-28,38,41H,4,6,11-13,17-20,22-24H2,1-3H3/b7-5-,29-16+,35-30+,40-34?. The van der Waals surface area contributed by atoms with Crippen LogP contribution in [-0.2, 0) is 10.8 Å². The first-order chi connectivity index (χ1) is 21.4. The predicted molar refractivity (Wildman–Crippen MR) is 187 cm³/mol. The van der Waals surface area contributed by atoms with Gasteiger partial charge < -0.3 is 15.5 Å². The van der Waals surface area contributed by atoms with Crippen molar-refractivity contribution in [1.82, 2.24) is 15.5 Å². The molecule has 1 aromatic carbocycles. The third kappa shape index (κ3) is 8.75. The molecule has 2 heterocycles. The molecule has 0 radical (unpaired) electrons. The molecule has 4 rings (SSSR count). The number of fused-ring (bicyclic) bond motifs is 2. The molecule has 3 aliphatic rings. The topological polar surface area (TPSA) is 69.1 Å². The molecule has 4 unspecified atom stereocenters. The number of nitrogens with one attached hydrogen (secondary N) is 2. The summed E-state index contributed by atoms with van der Waals surface area (Å²) in [6.07, 6.45) is 13.2. The molecule has 0 saturated carbocycles. The lowest BCUT2D eigenvalue weighted by atomic mass is 9.89. The van der Waals surface area contributed by atoms with Gasteiger partial charge in [0.25, 0.3) is 0 Å². The molecular weight excluding hydrogens is 593 g/mol. The lowest BCUT2D eigenvalue weighted by Gasteiger charge is -2.35. The summed E-state index contributed by atoms with van der Waals surface area (Å²) in [6.45, 7) is 9.91. The van der Waals surface area contributed by atoms with Crippen molar-refractivity contribution in [1.29, 1.82) is 0 Å². The first-order valence-corrected chi connectivity index (χ1v) is 17.7. The predicted octanol–water partition coefficient (Wildman–Crippen LogP) is 6.71. The largest absolute Gasteiger partial charge is 0.353 e. The fraction of sp³-hybridized carbons (Fsp3) is 0.486. The molecular formula is C35H47ClFN5OS. The maximum absolute atomic E-state index is 16.9. The summed E-state index contributed by atoms with van der Waals surface area (Å²) in [7, 11) is 1.02. The second kappa shape index (κ2) is 17.2. The van der Waals surface area contributed by atoms with Crippen LogP contribution in [0.2, 0.25) is 0 Å². The molecule has 2 fully saturated rings. The Kier molecular flexibility index (Phi) is 13.3. The quantitative estimate of drug-likeness (QED) is 0.127. The summed E-state index contributed by atoms with van der Waals surface area (Å²) in [4.78, 5) is 11.5. The van der Waals surface area contributed by atoms with E-state index in [0.29, 0.717) is 64.1 Å². The summed E-state index contributed by atoms with van der Waals surface area (Å²) < 4.78 is 29.6. The van der Waals surface area contributed by atoms with Crippen LogP contribution in [0.1, 0.15) is 57.9 Å². The van der Waals surface area contributed by atoms with E-state index in [1.54, 1.807) is 6.08 Å². The number of likely N-dealkylation sites (tertiary alicyclic amines) is 1. The average molecular weight is 640 g/mol. The molecule has 4 atom stereocenters. The number of benzene rings is 1. The van der Waals surface area contributed by atoms with Crippen LogP contribution < -0.4 is 10.6 Å². The van der Waals surface area contributed by atoms with Crippen molar-refractivity contribution in [3.8, 4) is 0 Å². The number of halogens is 2. The highest BCUT2D eigenvalue weighted by Gasteiger charge is 2.36. The summed E-state index contributed by atoms with van der Waals surface area (Å²) in [5, 5.41) is 7.22. The highest BCUT2D eigenvalue weighted by molar-refractivity contribution is 7.85. The lowest BCUT2D eigenvalue weighted by Crippen LogP contribution is -2.50. The third-order valence-electron chi connectivity index (χ3n) is 8.39. The van der Waals surface area contributed by atoms with Crippen LogP contribution in [0.4, 0.5) is 4.39 Å². The number of rotatable bonds is 15. The Morgan fingerprint density at radius 3 is 2.61 bits per heavy atom. The summed E-state index contributed by atoms with van der Waals surface area (Å²) in [6, 6.07) is 10.7. The summed E-state index contributed by atoms with van der Waals surface area (Å²) in [5.74, 6) is 1.41. The minimum absolute atomic E-state index is 0.249. The van der Waals surface area contributed by atoms with E-state index < -0.39 is 16.6 Å². The van der Waals surface area contributed by atoms with Crippen molar-refractivity contribution in [2.24, 2.45) is 9.98 Å². The van der Waals surface area contributed by atoms with Gasteiger partial charge in [0.1, 0.15) is 11.5 Å². The lowest BCUT2D eigenvalue weighted by molar-refractivity contribution is 0.241. The number of aliphatic imine (C=N–C) groups is 2. The van der Waals surface area contributed by atoms with Crippen LogP contribution in [-0.4, -0.2) is 77.9 Å². The summed E-state index contributed by atoms with van der Waals surface area (Å²) >= 11 is 6.94. The van der Waals surface area contributed by atoms with E-state index >= 15 is 4.39 Å².